The second-order valence-electron chi connectivity index (χ2n) is 5.42. The minimum Gasteiger partial charge on any atom is -0.297 e. The predicted molar refractivity (Wildman–Crippen MR) is 70.2 cm³/mol. The van der Waals surface area contributed by atoms with Gasteiger partial charge in [0.25, 0.3) is 0 Å². The van der Waals surface area contributed by atoms with E-state index in [4.69, 9.17) is 0 Å². The van der Waals surface area contributed by atoms with E-state index in [9.17, 15) is 13.6 Å². The van der Waals surface area contributed by atoms with E-state index in [0.717, 1.165) is 25.3 Å². The summed E-state index contributed by atoms with van der Waals surface area (Å²) in [5.41, 5.74) is -0.817. The summed E-state index contributed by atoms with van der Waals surface area (Å²) in [5.74, 6) is -2.29. The van der Waals surface area contributed by atoms with Crippen molar-refractivity contribution in [2.24, 2.45) is 0 Å². The molecule has 0 N–H and O–H groups in total. The molecule has 0 atom stereocenters. The summed E-state index contributed by atoms with van der Waals surface area (Å²) in [5, 5.41) is 0. The normalized spacial score (nSPS) is 18.6. The molecule has 1 aliphatic carbocycles. The lowest BCUT2D eigenvalue weighted by Crippen LogP contribution is -2.52. The Bertz CT molecular complexity index is 479. The monoisotopic (exact) mass is 267 g/mol. The number of carbonyl (C=O) groups is 1. The molecule has 0 aliphatic heterocycles. The maximum Gasteiger partial charge on any atom is 0.186 e. The second-order valence-corrected chi connectivity index (χ2v) is 5.42. The van der Waals surface area contributed by atoms with Crippen LogP contribution in [0, 0.1) is 11.6 Å². The number of ketones is 1. The Balaban J connectivity index is 2.42. The van der Waals surface area contributed by atoms with E-state index in [1.165, 1.54) is 12.1 Å². The van der Waals surface area contributed by atoms with Crippen molar-refractivity contribution in [2.75, 3.05) is 14.1 Å². The van der Waals surface area contributed by atoms with Crippen LogP contribution in [0.25, 0.3) is 0 Å². The number of rotatable bonds is 3. The van der Waals surface area contributed by atoms with Crippen molar-refractivity contribution in [1.29, 1.82) is 0 Å². The first kappa shape index (κ1) is 14.1. The number of likely N-dealkylation sites (N-methyl/N-ethyl adjacent to an activating group) is 1. The number of Topliss-reactive ketones (excluding diaryl/α,β-unsaturated/α-hetero) is 1. The van der Waals surface area contributed by atoms with Crippen LogP contribution in [-0.4, -0.2) is 30.3 Å². The van der Waals surface area contributed by atoms with Crippen molar-refractivity contribution < 1.29 is 13.6 Å². The first-order valence-electron chi connectivity index (χ1n) is 6.65. The number of hydrogen-bond acceptors (Lipinski definition) is 2. The number of halogens is 2. The van der Waals surface area contributed by atoms with Crippen molar-refractivity contribution in [2.45, 2.75) is 37.6 Å². The highest BCUT2D eigenvalue weighted by Gasteiger charge is 2.42. The molecular weight excluding hydrogens is 248 g/mol. The largest absolute Gasteiger partial charge is 0.297 e. The molecule has 0 spiro atoms. The van der Waals surface area contributed by atoms with E-state index in [0.29, 0.717) is 12.8 Å². The van der Waals surface area contributed by atoms with Crippen LogP contribution in [0.3, 0.4) is 0 Å². The van der Waals surface area contributed by atoms with E-state index >= 15 is 0 Å². The topological polar surface area (TPSA) is 20.3 Å². The fraction of sp³-hybridized carbons (Fsp3) is 0.533. The van der Waals surface area contributed by atoms with Gasteiger partial charge in [-0.05, 0) is 39.1 Å². The third kappa shape index (κ3) is 2.41. The van der Waals surface area contributed by atoms with E-state index in [1.54, 1.807) is 0 Å². The Kier molecular flexibility index (Phi) is 3.99. The molecule has 4 heteroatoms. The van der Waals surface area contributed by atoms with Crippen molar-refractivity contribution in [3.05, 3.63) is 35.4 Å². The molecule has 0 radical (unpaired) electrons. The Morgan fingerprint density at radius 1 is 1.16 bits per heavy atom. The maximum absolute atomic E-state index is 13.8. The van der Waals surface area contributed by atoms with Gasteiger partial charge in [-0.3, -0.25) is 9.69 Å². The molecule has 0 heterocycles. The Morgan fingerprint density at radius 2 is 1.79 bits per heavy atom. The van der Waals surface area contributed by atoms with Gasteiger partial charge in [-0.15, -0.1) is 0 Å². The summed E-state index contributed by atoms with van der Waals surface area (Å²) in [6, 6.07) is 3.80. The third-order valence-corrected chi connectivity index (χ3v) is 4.16. The highest BCUT2D eigenvalue weighted by Crippen LogP contribution is 2.35. The van der Waals surface area contributed by atoms with Crippen LogP contribution in [0.2, 0.25) is 0 Å². The minimum absolute atomic E-state index is 0.129. The van der Waals surface area contributed by atoms with Crippen LogP contribution < -0.4 is 0 Å². The Morgan fingerprint density at radius 3 is 2.37 bits per heavy atom. The SMILES string of the molecule is CN(C)C1(C(=O)c2cccc(F)c2F)CCCCC1. The molecule has 0 bridgehead atoms. The molecule has 0 unspecified atom stereocenters. The molecule has 104 valence electrons. The van der Waals surface area contributed by atoms with Crippen LogP contribution in [-0.2, 0) is 0 Å². The highest BCUT2D eigenvalue weighted by atomic mass is 19.2. The molecule has 2 rings (SSSR count). The fourth-order valence-corrected chi connectivity index (χ4v) is 2.94. The van der Waals surface area contributed by atoms with Gasteiger partial charge >= 0.3 is 0 Å². The van der Waals surface area contributed by atoms with Gasteiger partial charge in [0.05, 0.1) is 11.1 Å². The molecule has 1 saturated carbocycles. The molecule has 1 aliphatic rings. The minimum atomic E-state index is -1.03. The second kappa shape index (κ2) is 5.37. The number of carbonyl (C=O) groups excluding carboxylic acids is 1. The fourth-order valence-electron chi connectivity index (χ4n) is 2.94. The number of hydrogen-bond donors (Lipinski definition) is 0. The average molecular weight is 267 g/mol. The van der Waals surface area contributed by atoms with Crippen molar-refractivity contribution >= 4 is 5.78 Å². The van der Waals surface area contributed by atoms with E-state index < -0.39 is 17.2 Å². The molecule has 1 aromatic rings. The summed E-state index contributed by atoms with van der Waals surface area (Å²) < 4.78 is 27.1. The van der Waals surface area contributed by atoms with Crippen LogP contribution in [0.4, 0.5) is 8.78 Å². The van der Waals surface area contributed by atoms with Gasteiger partial charge < -0.3 is 0 Å². The first-order chi connectivity index (χ1) is 8.99. The lowest BCUT2D eigenvalue weighted by Gasteiger charge is -2.41. The van der Waals surface area contributed by atoms with Gasteiger partial charge in [0.15, 0.2) is 17.4 Å². The summed E-state index contributed by atoms with van der Waals surface area (Å²) in [7, 11) is 3.67. The lowest BCUT2D eigenvalue weighted by atomic mass is 9.75. The van der Waals surface area contributed by atoms with Crippen LogP contribution in [0.5, 0.6) is 0 Å². The van der Waals surface area contributed by atoms with Gasteiger partial charge in [0.2, 0.25) is 0 Å². The molecule has 1 fully saturated rings. The zero-order chi connectivity index (χ0) is 14.0. The summed E-state index contributed by atoms with van der Waals surface area (Å²) in [4.78, 5) is 14.5. The Labute approximate surface area is 112 Å². The molecule has 19 heavy (non-hydrogen) atoms. The lowest BCUT2D eigenvalue weighted by molar-refractivity contribution is 0.0558. The standard InChI is InChI=1S/C15H19F2NO/c1-18(2)15(9-4-3-5-10-15)14(19)11-7-6-8-12(16)13(11)17/h6-8H,3-5,9-10H2,1-2H3. The zero-order valence-electron chi connectivity index (χ0n) is 11.4. The first-order valence-corrected chi connectivity index (χ1v) is 6.65. The summed E-state index contributed by atoms with van der Waals surface area (Å²) in [6.45, 7) is 0. The number of nitrogens with zero attached hydrogens (tertiary/aromatic N) is 1. The Hall–Kier alpha value is -1.29. The summed E-state index contributed by atoms with van der Waals surface area (Å²) >= 11 is 0. The molecule has 0 amide bonds. The third-order valence-electron chi connectivity index (χ3n) is 4.16. The van der Waals surface area contributed by atoms with Crippen LogP contribution in [0.1, 0.15) is 42.5 Å². The molecule has 0 aromatic heterocycles. The smallest absolute Gasteiger partial charge is 0.186 e. The van der Waals surface area contributed by atoms with Crippen molar-refractivity contribution in [3.63, 3.8) is 0 Å². The van der Waals surface area contributed by atoms with Crippen molar-refractivity contribution in [1.82, 2.24) is 4.90 Å². The van der Waals surface area contributed by atoms with Gasteiger partial charge in [0, 0.05) is 0 Å². The van der Waals surface area contributed by atoms with E-state index in [2.05, 4.69) is 0 Å². The maximum atomic E-state index is 13.8. The predicted octanol–water partition coefficient (Wildman–Crippen LogP) is 3.41. The van der Waals surface area contributed by atoms with E-state index in [-0.39, 0.29) is 11.3 Å². The number of benzene rings is 1. The van der Waals surface area contributed by atoms with E-state index in [1.807, 2.05) is 19.0 Å². The average Bonchev–Trinajstić information content (AvgIpc) is 2.41. The van der Waals surface area contributed by atoms with Crippen LogP contribution in [0.15, 0.2) is 18.2 Å². The van der Waals surface area contributed by atoms with Gasteiger partial charge in [-0.2, -0.15) is 0 Å². The molecular formula is C15H19F2NO. The zero-order valence-corrected chi connectivity index (χ0v) is 11.4. The van der Waals surface area contributed by atoms with Crippen molar-refractivity contribution in [3.8, 4) is 0 Å². The quantitative estimate of drug-likeness (QED) is 0.782. The molecule has 0 saturated heterocycles. The molecule has 2 nitrogen and oxygen atoms in total. The molecule has 1 aromatic carbocycles. The van der Waals surface area contributed by atoms with Gasteiger partial charge in [0.1, 0.15) is 0 Å². The van der Waals surface area contributed by atoms with Crippen LogP contribution >= 0.6 is 0 Å². The highest BCUT2D eigenvalue weighted by molar-refractivity contribution is 6.03. The van der Waals surface area contributed by atoms with Gasteiger partial charge in [-0.1, -0.05) is 25.3 Å². The van der Waals surface area contributed by atoms with Gasteiger partial charge in [-0.25, -0.2) is 8.78 Å². The summed E-state index contributed by atoms with van der Waals surface area (Å²) in [6.07, 6.45) is 4.39.